The van der Waals surface area contributed by atoms with Gasteiger partial charge in [-0.1, -0.05) is 43.2 Å². The van der Waals surface area contributed by atoms with Crippen molar-refractivity contribution in [2.75, 3.05) is 19.6 Å². The maximum atomic E-state index is 13.0. The molecule has 0 spiro atoms. The van der Waals surface area contributed by atoms with Crippen molar-refractivity contribution in [3.63, 3.8) is 0 Å². The summed E-state index contributed by atoms with van der Waals surface area (Å²) in [6, 6.07) is 10.2. The lowest BCUT2D eigenvalue weighted by Crippen LogP contribution is -2.52. The molecule has 4 heteroatoms. The Labute approximate surface area is 144 Å². The number of hydrogen-bond donors (Lipinski definition) is 1. The summed E-state index contributed by atoms with van der Waals surface area (Å²) < 4.78 is 6.01. The molecule has 1 aromatic carbocycles. The van der Waals surface area contributed by atoms with E-state index in [-0.39, 0.29) is 18.1 Å². The monoisotopic (exact) mass is 328 g/mol. The molecule has 4 nitrogen and oxygen atoms in total. The van der Waals surface area contributed by atoms with E-state index in [1.54, 1.807) is 0 Å². The highest BCUT2D eigenvalue weighted by Crippen LogP contribution is 2.31. The number of nitrogens with zero attached hydrogens (tertiary/aromatic N) is 1. The van der Waals surface area contributed by atoms with Gasteiger partial charge in [0.2, 0.25) is 0 Å². The Hall–Kier alpha value is -1.39. The Kier molecular flexibility index (Phi) is 4.86. The molecule has 130 valence electrons. The standard InChI is InChI=1S/C20H28N2O2/c23-20(24-18-14-22-12-10-15(18)11-13-22)19(16-6-2-1-3-7-16)21-17-8-4-5-9-17/h1-3,6-7,15,17-19,21H,4-5,8-14H2/t18-,19?/m0/s1. The third kappa shape index (κ3) is 3.50. The highest BCUT2D eigenvalue weighted by Gasteiger charge is 2.38. The number of rotatable bonds is 5. The van der Waals surface area contributed by atoms with Gasteiger partial charge >= 0.3 is 5.97 Å². The predicted molar refractivity (Wildman–Crippen MR) is 93.6 cm³/mol. The largest absolute Gasteiger partial charge is 0.459 e. The summed E-state index contributed by atoms with van der Waals surface area (Å²) >= 11 is 0. The Bertz CT molecular complexity index is 548. The number of nitrogens with one attached hydrogen (secondary N) is 1. The first kappa shape index (κ1) is 16.1. The van der Waals surface area contributed by atoms with Crippen molar-refractivity contribution in [2.45, 2.75) is 56.7 Å². The quantitative estimate of drug-likeness (QED) is 0.844. The van der Waals surface area contributed by atoms with E-state index in [4.69, 9.17) is 4.74 Å². The van der Waals surface area contributed by atoms with Crippen LogP contribution < -0.4 is 5.32 Å². The molecule has 3 saturated heterocycles. The lowest BCUT2D eigenvalue weighted by molar-refractivity contribution is -0.161. The predicted octanol–water partition coefficient (Wildman–Crippen LogP) is 2.90. The molecule has 2 atom stereocenters. The van der Waals surface area contributed by atoms with Crippen LogP contribution in [0.25, 0.3) is 0 Å². The lowest BCUT2D eigenvalue weighted by atomic mass is 9.86. The van der Waals surface area contributed by atoms with Crippen LogP contribution in [0.4, 0.5) is 0 Å². The first-order chi connectivity index (χ1) is 11.8. The van der Waals surface area contributed by atoms with Crippen LogP contribution in [-0.4, -0.2) is 42.6 Å². The summed E-state index contributed by atoms with van der Waals surface area (Å²) in [6.45, 7) is 3.25. The van der Waals surface area contributed by atoms with Crippen LogP contribution in [0.5, 0.6) is 0 Å². The zero-order valence-corrected chi connectivity index (χ0v) is 14.3. The van der Waals surface area contributed by atoms with Crippen molar-refractivity contribution >= 4 is 5.97 Å². The van der Waals surface area contributed by atoms with Gasteiger partial charge in [-0.2, -0.15) is 0 Å². The molecule has 3 aliphatic heterocycles. The highest BCUT2D eigenvalue weighted by molar-refractivity contribution is 5.78. The Morgan fingerprint density at radius 3 is 2.42 bits per heavy atom. The molecule has 3 heterocycles. The minimum Gasteiger partial charge on any atom is -0.459 e. The number of benzene rings is 1. The number of carbonyl (C=O) groups excluding carboxylic acids is 1. The average molecular weight is 328 g/mol. The molecule has 1 saturated carbocycles. The van der Waals surface area contributed by atoms with Crippen LogP contribution in [0.2, 0.25) is 0 Å². The summed E-state index contributed by atoms with van der Waals surface area (Å²) in [5.74, 6) is 0.466. The molecule has 4 fully saturated rings. The van der Waals surface area contributed by atoms with E-state index in [1.807, 2.05) is 30.3 Å². The van der Waals surface area contributed by atoms with E-state index < -0.39 is 0 Å². The van der Waals surface area contributed by atoms with Crippen molar-refractivity contribution in [2.24, 2.45) is 5.92 Å². The third-order valence-electron chi connectivity index (χ3n) is 5.99. The molecule has 24 heavy (non-hydrogen) atoms. The van der Waals surface area contributed by atoms with Crippen molar-refractivity contribution in [3.8, 4) is 0 Å². The van der Waals surface area contributed by atoms with Gasteiger partial charge in [0.05, 0.1) is 0 Å². The van der Waals surface area contributed by atoms with Crippen LogP contribution in [0.1, 0.15) is 50.1 Å². The molecular weight excluding hydrogens is 300 g/mol. The van der Waals surface area contributed by atoms with Gasteiger partial charge in [-0.15, -0.1) is 0 Å². The van der Waals surface area contributed by atoms with Gasteiger partial charge in [-0.3, -0.25) is 10.2 Å². The molecule has 5 rings (SSSR count). The van der Waals surface area contributed by atoms with Crippen LogP contribution in [0, 0.1) is 5.92 Å². The van der Waals surface area contributed by atoms with Crippen molar-refractivity contribution in [3.05, 3.63) is 35.9 Å². The summed E-state index contributed by atoms with van der Waals surface area (Å²) in [6.07, 6.45) is 7.26. The van der Waals surface area contributed by atoms with Gasteiger partial charge in [-0.05, 0) is 50.3 Å². The lowest BCUT2D eigenvalue weighted by Gasteiger charge is -2.44. The maximum Gasteiger partial charge on any atom is 0.328 e. The molecule has 2 bridgehead atoms. The topological polar surface area (TPSA) is 41.6 Å². The van der Waals surface area contributed by atoms with Crippen LogP contribution in [0.15, 0.2) is 30.3 Å². The Morgan fingerprint density at radius 1 is 1.08 bits per heavy atom. The Balaban J connectivity index is 1.46. The van der Waals surface area contributed by atoms with Gasteiger partial charge in [0.1, 0.15) is 12.1 Å². The zero-order valence-electron chi connectivity index (χ0n) is 14.3. The van der Waals surface area contributed by atoms with E-state index in [2.05, 4.69) is 10.2 Å². The van der Waals surface area contributed by atoms with Gasteiger partial charge < -0.3 is 4.74 Å². The van der Waals surface area contributed by atoms with Gasteiger partial charge in [-0.25, -0.2) is 4.79 Å². The minimum absolute atomic E-state index is 0.0802. The van der Waals surface area contributed by atoms with Crippen LogP contribution >= 0.6 is 0 Å². The fourth-order valence-corrected chi connectivity index (χ4v) is 4.54. The molecule has 0 radical (unpaired) electrons. The second-order valence-corrected chi connectivity index (χ2v) is 7.61. The molecule has 1 aromatic rings. The number of fused-ring (bicyclic) bond motifs is 3. The highest BCUT2D eigenvalue weighted by atomic mass is 16.5. The normalized spacial score (nSPS) is 31.1. The first-order valence-electron chi connectivity index (χ1n) is 9.53. The van der Waals surface area contributed by atoms with Crippen molar-refractivity contribution in [1.29, 1.82) is 0 Å². The van der Waals surface area contributed by atoms with E-state index in [9.17, 15) is 4.79 Å². The summed E-state index contributed by atoms with van der Waals surface area (Å²) in [7, 11) is 0. The summed E-state index contributed by atoms with van der Waals surface area (Å²) in [4.78, 5) is 15.4. The molecule has 1 unspecified atom stereocenters. The molecule has 1 aliphatic carbocycles. The molecule has 4 aliphatic rings. The first-order valence-corrected chi connectivity index (χ1v) is 9.53. The van der Waals surface area contributed by atoms with E-state index in [0.29, 0.717) is 12.0 Å². The number of piperidine rings is 3. The SMILES string of the molecule is O=C(O[C@H]1CN2CCC1CC2)C(NC1CCCC1)c1ccccc1. The number of carbonyl (C=O) groups is 1. The third-order valence-corrected chi connectivity index (χ3v) is 5.99. The van der Waals surface area contributed by atoms with Crippen LogP contribution in [-0.2, 0) is 9.53 Å². The fraction of sp³-hybridized carbons (Fsp3) is 0.650. The molecule has 0 aromatic heterocycles. The van der Waals surface area contributed by atoms with E-state index in [1.165, 1.54) is 38.8 Å². The number of esters is 1. The maximum absolute atomic E-state index is 13.0. The Morgan fingerprint density at radius 2 is 1.79 bits per heavy atom. The molecular formula is C20H28N2O2. The minimum atomic E-state index is -0.329. The van der Waals surface area contributed by atoms with Gasteiger partial charge in [0, 0.05) is 12.6 Å². The molecule has 1 N–H and O–H groups in total. The van der Waals surface area contributed by atoms with Crippen molar-refractivity contribution in [1.82, 2.24) is 10.2 Å². The zero-order chi connectivity index (χ0) is 16.4. The second-order valence-electron chi connectivity index (χ2n) is 7.61. The smallest absolute Gasteiger partial charge is 0.328 e. The summed E-state index contributed by atoms with van der Waals surface area (Å²) in [5.41, 5.74) is 1.02. The van der Waals surface area contributed by atoms with Gasteiger partial charge in [0.15, 0.2) is 0 Å². The van der Waals surface area contributed by atoms with E-state index >= 15 is 0 Å². The average Bonchev–Trinajstić information content (AvgIpc) is 3.14. The number of ether oxygens (including phenoxy) is 1. The fourth-order valence-electron chi connectivity index (χ4n) is 4.54. The number of hydrogen-bond acceptors (Lipinski definition) is 4. The molecule has 0 amide bonds. The summed E-state index contributed by atoms with van der Waals surface area (Å²) in [5, 5.41) is 3.58. The van der Waals surface area contributed by atoms with E-state index in [0.717, 1.165) is 24.9 Å². The van der Waals surface area contributed by atoms with Gasteiger partial charge in [0.25, 0.3) is 0 Å². The second kappa shape index (κ2) is 7.24. The van der Waals surface area contributed by atoms with Crippen molar-refractivity contribution < 1.29 is 9.53 Å². The van der Waals surface area contributed by atoms with Crippen LogP contribution in [0.3, 0.4) is 0 Å².